The lowest BCUT2D eigenvalue weighted by atomic mass is 10.0. The van der Waals surface area contributed by atoms with E-state index in [4.69, 9.17) is 21.1 Å². The van der Waals surface area contributed by atoms with E-state index < -0.39 is 17.9 Å². The van der Waals surface area contributed by atoms with E-state index in [0.29, 0.717) is 10.6 Å². The summed E-state index contributed by atoms with van der Waals surface area (Å²) in [7, 11) is 1.31. The van der Waals surface area contributed by atoms with Crippen LogP contribution in [0.2, 0.25) is 0 Å². The molecule has 1 fully saturated rings. The van der Waals surface area contributed by atoms with E-state index in [1.807, 2.05) is 0 Å². The van der Waals surface area contributed by atoms with E-state index in [1.165, 1.54) is 7.11 Å². The zero-order valence-electron chi connectivity index (χ0n) is 9.32. The van der Waals surface area contributed by atoms with Crippen LogP contribution in [0.25, 0.3) is 0 Å². The smallest absolute Gasteiger partial charge is 0.339 e. The van der Waals surface area contributed by atoms with Gasteiger partial charge in [0, 0.05) is 0 Å². The van der Waals surface area contributed by atoms with Gasteiger partial charge < -0.3 is 14.2 Å². The van der Waals surface area contributed by atoms with Gasteiger partial charge in [-0.2, -0.15) is 0 Å². The van der Waals surface area contributed by atoms with Gasteiger partial charge in [-0.1, -0.05) is 17.7 Å². The summed E-state index contributed by atoms with van der Waals surface area (Å²) in [4.78, 5) is 11.4. The Hall–Kier alpha value is -0.840. The number of hydrogen-bond acceptors (Lipinski definition) is 4. The summed E-state index contributed by atoms with van der Waals surface area (Å²) in [6.07, 6.45) is 2.71. The second-order valence-corrected chi connectivity index (χ2v) is 4.54. The molecule has 2 atom stereocenters. The lowest BCUT2D eigenvalue weighted by Crippen LogP contribution is -2.26. The molecule has 16 heavy (non-hydrogen) atoms. The van der Waals surface area contributed by atoms with E-state index >= 15 is 0 Å². The van der Waals surface area contributed by atoms with E-state index in [1.54, 1.807) is 26.0 Å². The Morgan fingerprint density at radius 1 is 1.50 bits per heavy atom. The largest absolute Gasteiger partial charge is 0.465 e. The third-order valence-electron chi connectivity index (χ3n) is 2.49. The molecule has 0 unspecified atom stereocenters. The molecule has 0 bridgehead atoms. The number of carbonyl (C=O) groups is 1. The monoisotopic (exact) mass is 244 g/mol. The van der Waals surface area contributed by atoms with E-state index in [2.05, 4.69) is 4.74 Å². The van der Waals surface area contributed by atoms with Gasteiger partial charge in [0.1, 0.15) is 12.2 Å². The standard InChI is InChI=1S/C11H13ClO4/c1-11(2)15-7-5-4-6(10(13)14-3)8(12)9(7)16-11/h4-5,7,9H,1-3H3/t7-,9-/m0/s1. The lowest BCUT2D eigenvalue weighted by Gasteiger charge is -2.19. The fourth-order valence-corrected chi connectivity index (χ4v) is 2.13. The highest BCUT2D eigenvalue weighted by molar-refractivity contribution is 6.33. The summed E-state index contributed by atoms with van der Waals surface area (Å²) in [5.74, 6) is -1.15. The zero-order chi connectivity index (χ0) is 11.9. The fraction of sp³-hybridized carbons (Fsp3) is 0.545. The number of halogens is 1. The summed E-state index contributed by atoms with van der Waals surface area (Å²) < 4.78 is 15.9. The normalized spacial score (nSPS) is 31.5. The molecule has 1 saturated heterocycles. The Morgan fingerprint density at radius 3 is 2.81 bits per heavy atom. The van der Waals surface area contributed by atoms with Crippen molar-refractivity contribution in [2.45, 2.75) is 31.8 Å². The molecule has 0 aromatic rings. The van der Waals surface area contributed by atoms with Crippen LogP contribution in [0.15, 0.2) is 22.8 Å². The number of ether oxygens (including phenoxy) is 3. The van der Waals surface area contributed by atoms with Crippen LogP contribution in [0.3, 0.4) is 0 Å². The van der Waals surface area contributed by atoms with Gasteiger partial charge in [0.15, 0.2) is 5.79 Å². The Labute approximate surface area is 98.8 Å². The van der Waals surface area contributed by atoms with Gasteiger partial charge in [-0.15, -0.1) is 0 Å². The number of hydrogen-bond donors (Lipinski definition) is 0. The minimum Gasteiger partial charge on any atom is -0.465 e. The van der Waals surface area contributed by atoms with Crippen molar-refractivity contribution in [1.82, 2.24) is 0 Å². The van der Waals surface area contributed by atoms with Crippen molar-refractivity contribution in [2.75, 3.05) is 7.11 Å². The first kappa shape index (κ1) is 11.6. The summed E-state index contributed by atoms with van der Waals surface area (Å²) in [5, 5.41) is 0.338. The molecule has 0 N–H and O–H groups in total. The van der Waals surface area contributed by atoms with Crippen LogP contribution in [-0.4, -0.2) is 31.1 Å². The van der Waals surface area contributed by atoms with Crippen LogP contribution in [0.1, 0.15) is 13.8 Å². The van der Waals surface area contributed by atoms with Crippen LogP contribution in [0, 0.1) is 0 Å². The average Bonchev–Trinajstić information content (AvgIpc) is 2.53. The molecule has 0 saturated carbocycles. The van der Waals surface area contributed by atoms with Crippen molar-refractivity contribution in [3.05, 3.63) is 22.8 Å². The molecule has 88 valence electrons. The number of fused-ring (bicyclic) bond motifs is 1. The van der Waals surface area contributed by atoms with Crippen LogP contribution in [-0.2, 0) is 19.0 Å². The highest BCUT2D eigenvalue weighted by Crippen LogP contribution is 2.38. The molecule has 0 amide bonds. The topological polar surface area (TPSA) is 44.8 Å². The molecule has 1 aliphatic carbocycles. The van der Waals surface area contributed by atoms with Crippen LogP contribution in [0.5, 0.6) is 0 Å². The maximum absolute atomic E-state index is 11.4. The Morgan fingerprint density at radius 2 is 2.19 bits per heavy atom. The molecule has 4 nitrogen and oxygen atoms in total. The van der Waals surface area contributed by atoms with Crippen molar-refractivity contribution in [2.24, 2.45) is 0 Å². The van der Waals surface area contributed by atoms with Crippen LogP contribution < -0.4 is 0 Å². The molecule has 1 heterocycles. The highest BCUT2D eigenvalue weighted by atomic mass is 35.5. The predicted octanol–water partition coefficient (Wildman–Crippen LogP) is 1.74. The SMILES string of the molecule is COC(=O)C1=C(Cl)[C@H]2OC(C)(C)O[C@H]2C=C1. The maximum Gasteiger partial charge on any atom is 0.339 e. The second-order valence-electron chi connectivity index (χ2n) is 4.13. The Balaban J connectivity index is 2.30. The first-order valence-corrected chi connectivity index (χ1v) is 5.34. The van der Waals surface area contributed by atoms with Gasteiger partial charge >= 0.3 is 5.97 Å². The van der Waals surface area contributed by atoms with Gasteiger partial charge in [0.2, 0.25) is 0 Å². The number of carbonyl (C=O) groups excluding carboxylic acids is 1. The minimum absolute atomic E-state index is 0.240. The molecule has 1 aliphatic heterocycles. The van der Waals surface area contributed by atoms with Gasteiger partial charge in [-0.05, 0) is 19.9 Å². The molecule has 0 spiro atoms. The third kappa shape index (κ3) is 1.88. The molecule has 5 heteroatoms. The van der Waals surface area contributed by atoms with Crippen molar-refractivity contribution in [1.29, 1.82) is 0 Å². The quantitative estimate of drug-likeness (QED) is 0.659. The van der Waals surface area contributed by atoms with E-state index in [9.17, 15) is 4.79 Å². The maximum atomic E-state index is 11.4. The molecule has 2 rings (SSSR count). The number of rotatable bonds is 1. The molecular weight excluding hydrogens is 232 g/mol. The first-order chi connectivity index (χ1) is 7.44. The van der Waals surface area contributed by atoms with Crippen LogP contribution in [0.4, 0.5) is 0 Å². The van der Waals surface area contributed by atoms with Crippen molar-refractivity contribution in [3.63, 3.8) is 0 Å². The number of methoxy groups -OCH3 is 1. The highest BCUT2D eigenvalue weighted by Gasteiger charge is 2.44. The average molecular weight is 245 g/mol. The number of esters is 1. The van der Waals surface area contributed by atoms with Crippen LogP contribution >= 0.6 is 11.6 Å². The summed E-state index contributed by atoms with van der Waals surface area (Å²) in [6.45, 7) is 3.61. The second kappa shape index (κ2) is 3.87. The molecule has 2 aliphatic rings. The van der Waals surface area contributed by atoms with Crippen molar-refractivity contribution < 1.29 is 19.0 Å². The first-order valence-electron chi connectivity index (χ1n) is 4.96. The minimum atomic E-state index is -0.689. The Bertz CT molecular complexity index is 383. The summed E-state index contributed by atoms with van der Waals surface area (Å²) >= 11 is 6.11. The van der Waals surface area contributed by atoms with E-state index in [0.717, 1.165) is 0 Å². The van der Waals surface area contributed by atoms with Gasteiger partial charge in [-0.25, -0.2) is 4.79 Å². The molecule has 0 aromatic heterocycles. The summed E-state index contributed by atoms with van der Waals surface area (Å²) in [6, 6.07) is 0. The lowest BCUT2D eigenvalue weighted by molar-refractivity contribution is -0.140. The third-order valence-corrected chi connectivity index (χ3v) is 2.91. The molecule has 0 radical (unpaired) electrons. The van der Waals surface area contributed by atoms with Gasteiger partial charge in [0.25, 0.3) is 0 Å². The molecule has 0 aromatic carbocycles. The Kier molecular flexibility index (Phi) is 2.82. The van der Waals surface area contributed by atoms with Crippen molar-refractivity contribution in [3.8, 4) is 0 Å². The van der Waals surface area contributed by atoms with Gasteiger partial charge in [0.05, 0.1) is 17.7 Å². The zero-order valence-corrected chi connectivity index (χ0v) is 10.1. The summed E-state index contributed by atoms with van der Waals surface area (Å²) in [5.41, 5.74) is 0.326. The van der Waals surface area contributed by atoms with E-state index in [-0.39, 0.29) is 6.10 Å². The van der Waals surface area contributed by atoms with Gasteiger partial charge in [-0.3, -0.25) is 0 Å². The van der Waals surface area contributed by atoms with Crippen molar-refractivity contribution >= 4 is 17.6 Å². The fourth-order valence-electron chi connectivity index (χ4n) is 1.83. The predicted molar refractivity (Wildman–Crippen MR) is 57.9 cm³/mol. The molecular formula is C11H13ClO4.